The molecule has 20 heavy (non-hydrogen) atoms. The molecule has 0 bridgehead atoms. The number of nitrogens with zero attached hydrogens (tertiary/aromatic N) is 1. The molecule has 0 fully saturated rings. The minimum absolute atomic E-state index is 0.0743. The van der Waals surface area contributed by atoms with Crippen LogP contribution in [0.4, 0.5) is 10.1 Å². The molecule has 0 unspecified atom stereocenters. The van der Waals surface area contributed by atoms with E-state index in [9.17, 15) is 9.18 Å². The smallest absolute Gasteiger partial charge is 0.258 e. The van der Waals surface area contributed by atoms with Gasteiger partial charge in [-0.2, -0.15) is 0 Å². The minimum Gasteiger partial charge on any atom is -0.493 e. The molecule has 0 saturated heterocycles. The molecular formula is C14H13FN2O3. The number of benzene rings is 1. The fourth-order valence-corrected chi connectivity index (χ4v) is 1.67. The number of amides is 1. The fourth-order valence-electron chi connectivity index (χ4n) is 1.67. The predicted molar refractivity (Wildman–Crippen MR) is 71.7 cm³/mol. The Morgan fingerprint density at radius 3 is 2.60 bits per heavy atom. The number of anilines is 1. The number of hydrogen-bond donors (Lipinski definition) is 1. The van der Waals surface area contributed by atoms with Crippen molar-refractivity contribution in [2.45, 2.75) is 0 Å². The van der Waals surface area contributed by atoms with Crippen molar-refractivity contribution >= 4 is 11.6 Å². The summed E-state index contributed by atoms with van der Waals surface area (Å²) < 4.78 is 23.7. The maximum absolute atomic E-state index is 13.4. The Hall–Kier alpha value is -2.63. The average Bonchev–Trinajstić information content (AvgIpc) is 2.47. The van der Waals surface area contributed by atoms with Gasteiger partial charge in [0.15, 0.2) is 17.3 Å². The first-order valence-corrected chi connectivity index (χ1v) is 5.78. The number of pyridine rings is 1. The second-order valence-electron chi connectivity index (χ2n) is 3.88. The van der Waals surface area contributed by atoms with E-state index in [2.05, 4.69) is 10.3 Å². The molecular weight excluding hydrogens is 263 g/mol. The first-order chi connectivity index (χ1) is 9.65. The number of methoxy groups -OCH3 is 2. The van der Waals surface area contributed by atoms with Crippen molar-refractivity contribution in [3.63, 3.8) is 0 Å². The number of carbonyl (C=O) groups excluding carboxylic acids is 1. The third-order valence-corrected chi connectivity index (χ3v) is 2.66. The highest BCUT2D eigenvalue weighted by molar-refractivity contribution is 6.04. The van der Waals surface area contributed by atoms with Gasteiger partial charge in [0.1, 0.15) is 0 Å². The van der Waals surface area contributed by atoms with Gasteiger partial charge in [-0.15, -0.1) is 0 Å². The molecule has 0 aliphatic carbocycles. The van der Waals surface area contributed by atoms with Gasteiger partial charge in [-0.05, 0) is 18.2 Å². The molecule has 0 saturated carbocycles. The first-order valence-electron chi connectivity index (χ1n) is 5.78. The van der Waals surface area contributed by atoms with Crippen LogP contribution in [0.2, 0.25) is 0 Å². The van der Waals surface area contributed by atoms with Crippen molar-refractivity contribution in [2.24, 2.45) is 0 Å². The van der Waals surface area contributed by atoms with Gasteiger partial charge >= 0.3 is 0 Å². The Morgan fingerprint density at radius 2 is 1.95 bits per heavy atom. The van der Waals surface area contributed by atoms with Crippen LogP contribution in [-0.2, 0) is 0 Å². The second kappa shape index (κ2) is 6.01. The Balaban J connectivity index is 2.22. The molecule has 2 aromatic rings. The van der Waals surface area contributed by atoms with Crippen LogP contribution in [0.3, 0.4) is 0 Å². The van der Waals surface area contributed by atoms with Crippen molar-refractivity contribution in [3.8, 4) is 11.5 Å². The molecule has 1 N–H and O–H groups in total. The molecule has 1 amide bonds. The van der Waals surface area contributed by atoms with Crippen LogP contribution >= 0.6 is 0 Å². The van der Waals surface area contributed by atoms with E-state index < -0.39 is 11.7 Å². The molecule has 0 spiro atoms. The number of ether oxygens (including phenoxy) is 2. The first kappa shape index (κ1) is 13.8. The number of carbonyl (C=O) groups is 1. The standard InChI is InChI=1S/C14H13FN2O3/c1-19-12-4-3-9(7-13(12)20-2)17-14(18)10-5-6-16-8-11(10)15/h3-8H,1-2H3,(H,17,18). The molecule has 1 aromatic heterocycles. The van der Waals surface area contributed by atoms with Crippen LogP contribution in [0.1, 0.15) is 10.4 Å². The third-order valence-electron chi connectivity index (χ3n) is 2.66. The minimum atomic E-state index is -0.675. The summed E-state index contributed by atoms with van der Waals surface area (Å²) in [5.41, 5.74) is 0.402. The molecule has 1 aromatic carbocycles. The highest BCUT2D eigenvalue weighted by Gasteiger charge is 2.12. The number of aromatic nitrogens is 1. The number of halogens is 1. The van der Waals surface area contributed by atoms with E-state index >= 15 is 0 Å². The van der Waals surface area contributed by atoms with Gasteiger partial charge in [0.25, 0.3) is 5.91 Å². The van der Waals surface area contributed by atoms with Crippen LogP contribution in [0.15, 0.2) is 36.7 Å². The van der Waals surface area contributed by atoms with Crippen molar-refractivity contribution in [1.82, 2.24) is 4.98 Å². The van der Waals surface area contributed by atoms with E-state index in [4.69, 9.17) is 9.47 Å². The van der Waals surface area contributed by atoms with Crippen molar-refractivity contribution in [3.05, 3.63) is 48.0 Å². The van der Waals surface area contributed by atoms with Gasteiger partial charge in [0.05, 0.1) is 26.0 Å². The maximum atomic E-state index is 13.4. The van der Waals surface area contributed by atoms with Crippen molar-refractivity contribution in [1.29, 1.82) is 0 Å². The van der Waals surface area contributed by atoms with Crippen LogP contribution in [0, 0.1) is 5.82 Å². The quantitative estimate of drug-likeness (QED) is 0.932. The van der Waals surface area contributed by atoms with E-state index in [1.165, 1.54) is 26.5 Å². The van der Waals surface area contributed by atoms with Crippen LogP contribution in [0.5, 0.6) is 11.5 Å². The average molecular weight is 276 g/mol. The molecule has 0 aliphatic rings. The van der Waals surface area contributed by atoms with E-state index in [0.29, 0.717) is 17.2 Å². The lowest BCUT2D eigenvalue weighted by Gasteiger charge is -2.10. The van der Waals surface area contributed by atoms with E-state index in [0.717, 1.165) is 6.20 Å². The normalized spacial score (nSPS) is 9.95. The molecule has 0 atom stereocenters. The maximum Gasteiger partial charge on any atom is 0.258 e. The Bertz CT molecular complexity index is 632. The fraction of sp³-hybridized carbons (Fsp3) is 0.143. The van der Waals surface area contributed by atoms with E-state index in [1.54, 1.807) is 18.2 Å². The summed E-state index contributed by atoms with van der Waals surface area (Å²) in [5.74, 6) is -0.219. The summed E-state index contributed by atoms with van der Waals surface area (Å²) >= 11 is 0. The molecule has 1 heterocycles. The van der Waals surface area contributed by atoms with Crippen LogP contribution in [0.25, 0.3) is 0 Å². The van der Waals surface area contributed by atoms with Gasteiger partial charge in [-0.3, -0.25) is 9.78 Å². The highest BCUT2D eigenvalue weighted by Crippen LogP contribution is 2.29. The van der Waals surface area contributed by atoms with Crippen LogP contribution in [-0.4, -0.2) is 25.1 Å². The largest absolute Gasteiger partial charge is 0.493 e. The van der Waals surface area contributed by atoms with Gasteiger partial charge in [-0.25, -0.2) is 4.39 Å². The summed E-state index contributed by atoms with van der Waals surface area (Å²) in [6, 6.07) is 6.19. The number of nitrogens with one attached hydrogen (secondary N) is 1. The Morgan fingerprint density at radius 1 is 1.20 bits per heavy atom. The summed E-state index contributed by atoms with van der Waals surface area (Å²) in [5, 5.41) is 2.58. The van der Waals surface area contributed by atoms with Crippen molar-refractivity contribution < 1.29 is 18.7 Å². The molecule has 0 aliphatic heterocycles. The molecule has 104 valence electrons. The van der Waals surface area contributed by atoms with Crippen LogP contribution < -0.4 is 14.8 Å². The van der Waals surface area contributed by atoms with Gasteiger partial charge < -0.3 is 14.8 Å². The van der Waals surface area contributed by atoms with Gasteiger partial charge in [0, 0.05) is 18.0 Å². The summed E-state index contributed by atoms with van der Waals surface area (Å²) in [6.45, 7) is 0. The summed E-state index contributed by atoms with van der Waals surface area (Å²) in [4.78, 5) is 15.5. The molecule has 2 rings (SSSR count). The Kier molecular flexibility index (Phi) is 4.14. The van der Waals surface area contributed by atoms with E-state index in [1.807, 2.05) is 0 Å². The van der Waals surface area contributed by atoms with Gasteiger partial charge in [-0.1, -0.05) is 0 Å². The molecule has 6 heteroatoms. The second-order valence-corrected chi connectivity index (χ2v) is 3.88. The summed E-state index contributed by atoms with van der Waals surface area (Å²) in [7, 11) is 3.01. The predicted octanol–water partition coefficient (Wildman–Crippen LogP) is 2.49. The zero-order valence-corrected chi connectivity index (χ0v) is 11.0. The lowest BCUT2D eigenvalue weighted by atomic mass is 10.2. The van der Waals surface area contributed by atoms with E-state index in [-0.39, 0.29) is 5.56 Å². The summed E-state index contributed by atoms with van der Waals surface area (Å²) in [6.07, 6.45) is 2.34. The number of hydrogen-bond acceptors (Lipinski definition) is 4. The number of rotatable bonds is 4. The zero-order valence-electron chi connectivity index (χ0n) is 11.0. The molecule has 0 radical (unpaired) electrons. The Labute approximate surface area is 115 Å². The third kappa shape index (κ3) is 2.85. The zero-order chi connectivity index (χ0) is 14.5. The molecule has 5 nitrogen and oxygen atoms in total. The lowest BCUT2D eigenvalue weighted by molar-refractivity contribution is 0.102. The SMILES string of the molecule is COc1ccc(NC(=O)c2ccncc2F)cc1OC. The topological polar surface area (TPSA) is 60.5 Å². The van der Waals surface area contributed by atoms with Gasteiger partial charge in [0.2, 0.25) is 0 Å². The highest BCUT2D eigenvalue weighted by atomic mass is 19.1. The lowest BCUT2D eigenvalue weighted by Crippen LogP contribution is -2.14. The monoisotopic (exact) mass is 276 g/mol. The van der Waals surface area contributed by atoms with Crippen molar-refractivity contribution in [2.75, 3.05) is 19.5 Å².